The van der Waals surface area contributed by atoms with Crippen LogP contribution in [0.1, 0.15) is 0 Å². The maximum absolute atomic E-state index is 11.8. The third kappa shape index (κ3) is 2.20. The molecule has 0 aliphatic rings. The van der Waals surface area contributed by atoms with Crippen molar-refractivity contribution in [3.63, 3.8) is 0 Å². The van der Waals surface area contributed by atoms with Crippen molar-refractivity contribution in [2.24, 2.45) is 0 Å². The van der Waals surface area contributed by atoms with Crippen LogP contribution in [0.5, 0.6) is 5.75 Å². The van der Waals surface area contributed by atoms with Gasteiger partial charge in [0.05, 0.1) is 19.7 Å². The second-order valence-corrected chi connectivity index (χ2v) is 3.77. The zero-order valence-corrected chi connectivity index (χ0v) is 10.2. The van der Waals surface area contributed by atoms with E-state index in [2.05, 4.69) is 4.74 Å². The van der Waals surface area contributed by atoms with E-state index in [-0.39, 0.29) is 17.9 Å². The summed E-state index contributed by atoms with van der Waals surface area (Å²) in [7, 11) is 2.87. The summed E-state index contributed by atoms with van der Waals surface area (Å²) >= 11 is 0. The number of hydrogen-bond donors (Lipinski definition) is 0. The monoisotopic (exact) mass is 247 g/mol. The summed E-state index contributed by atoms with van der Waals surface area (Å²) in [6.07, 6.45) is 1.58. The number of methoxy groups -OCH3 is 2. The highest BCUT2D eigenvalue weighted by Gasteiger charge is 2.07. The highest BCUT2D eigenvalue weighted by Crippen LogP contribution is 2.17. The molecule has 1 aromatic heterocycles. The third-order valence-electron chi connectivity index (χ3n) is 2.71. The molecule has 2 rings (SSSR count). The minimum atomic E-state index is -0.365. The van der Waals surface area contributed by atoms with Gasteiger partial charge in [-0.25, -0.2) is 0 Å². The van der Waals surface area contributed by atoms with Gasteiger partial charge in [0.1, 0.15) is 12.3 Å². The Balaban J connectivity index is 2.59. The van der Waals surface area contributed by atoms with Gasteiger partial charge in [-0.2, -0.15) is 0 Å². The fraction of sp³-hybridized carbons (Fsp3) is 0.231. The molecule has 1 heterocycles. The number of benzene rings is 1. The fourth-order valence-electron chi connectivity index (χ4n) is 1.76. The molecule has 0 radical (unpaired) electrons. The number of carbonyl (C=O) groups excluding carboxylic acids is 1. The normalized spacial score (nSPS) is 10.3. The molecule has 0 aliphatic carbocycles. The van der Waals surface area contributed by atoms with Crippen molar-refractivity contribution >= 4 is 16.9 Å². The van der Waals surface area contributed by atoms with Crippen molar-refractivity contribution in [1.82, 2.24) is 4.57 Å². The minimum Gasteiger partial charge on any atom is -0.497 e. The van der Waals surface area contributed by atoms with E-state index in [4.69, 9.17) is 4.74 Å². The summed E-state index contributed by atoms with van der Waals surface area (Å²) < 4.78 is 11.4. The molecule has 0 saturated carbocycles. The number of pyridine rings is 1. The van der Waals surface area contributed by atoms with Crippen LogP contribution in [0.15, 0.2) is 35.3 Å². The Hall–Kier alpha value is -2.30. The Morgan fingerprint density at radius 1 is 1.28 bits per heavy atom. The van der Waals surface area contributed by atoms with Crippen molar-refractivity contribution < 1.29 is 14.3 Å². The molecule has 0 fully saturated rings. The van der Waals surface area contributed by atoms with Gasteiger partial charge in [-0.05, 0) is 18.2 Å². The third-order valence-corrected chi connectivity index (χ3v) is 2.71. The maximum atomic E-state index is 11.8. The molecule has 5 heteroatoms. The molecule has 0 saturated heterocycles. The van der Waals surface area contributed by atoms with Gasteiger partial charge < -0.3 is 14.0 Å². The van der Waals surface area contributed by atoms with Gasteiger partial charge in [0.15, 0.2) is 5.43 Å². The van der Waals surface area contributed by atoms with Crippen molar-refractivity contribution in [3.05, 3.63) is 40.7 Å². The molecule has 5 nitrogen and oxygen atoms in total. The lowest BCUT2D eigenvalue weighted by Crippen LogP contribution is -2.15. The van der Waals surface area contributed by atoms with Crippen LogP contribution in [-0.2, 0) is 16.1 Å². The summed E-state index contributed by atoms with van der Waals surface area (Å²) in [5.41, 5.74) is 0.568. The van der Waals surface area contributed by atoms with E-state index in [9.17, 15) is 9.59 Å². The molecule has 94 valence electrons. The van der Waals surface area contributed by atoms with Gasteiger partial charge in [-0.3, -0.25) is 9.59 Å². The first kappa shape index (κ1) is 12.2. The van der Waals surface area contributed by atoms with Crippen molar-refractivity contribution in [1.29, 1.82) is 0 Å². The quantitative estimate of drug-likeness (QED) is 0.764. The van der Waals surface area contributed by atoms with Crippen LogP contribution in [-0.4, -0.2) is 24.8 Å². The lowest BCUT2D eigenvalue weighted by molar-refractivity contribution is -0.141. The average molecular weight is 247 g/mol. The van der Waals surface area contributed by atoms with E-state index in [0.717, 1.165) is 0 Å². The SMILES string of the molecule is COC(=O)Cn1ccc(=O)c2cc(OC)ccc21. The molecule has 0 amide bonds. The number of aromatic nitrogens is 1. The van der Waals surface area contributed by atoms with E-state index < -0.39 is 0 Å². The second-order valence-electron chi connectivity index (χ2n) is 3.77. The Morgan fingerprint density at radius 2 is 2.06 bits per heavy atom. The molecular formula is C13H13NO4. The van der Waals surface area contributed by atoms with Crippen LogP contribution in [0.4, 0.5) is 0 Å². The minimum absolute atomic E-state index is 0.0691. The Kier molecular flexibility index (Phi) is 3.32. The second kappa shape index (κ2) is 4.91. The van der Waals surface area contributed by atoms with Crippen LogP contribution < -0.4 is 10.2 Å². The Bertz CT molecular complexity index is 645. The van der Waals surface area contributed by atoms with Crippen LogP contribution in [0.25, 0.3) is 10.9 Å². The van der Waals surface area contributed by atoms with Gasteiger partial charge in [0.2, 0.25) is 0 Å². The van der Waals surface area contributed by atoms with E-state index in [1.807, 2.05) is 0 Å². The number of esters is 1. The lowest BCUT2D eigenvalue weighted by Gasteiger charge is -2.10. The van der Waals surface area contributed by atoms with Gasteiger partial charge in [-0.15, -0.1) is 0 Å². The largest absolute Gasteiger partial charge is 0.497 e. The summed E-state index contributed by atoms with van der Waals surface area (Å²) in [6.45, 7) is 0.0691. The van der Waals surface area contributed by atoms with Gasteiger partial charge in [-0.1, -0.05) is 0 Å². The fourth-order valence-corrected chi connectivity index (χ4v) is 1.76. The molecule has 0 spiro atoms. The highest BCUT2D eigenvalue weighted by atomic mass is 16.5. The van der Waals surface area contributed by atoms with Gasteiger partial charge in [0, 0.05) is 17.6 Å². The number of fused-ring (bicyclic) bond motifs is 1. The highest BCUT2D eigenvalue weighted by molar-refractivity contribution is 5.82. The van der Waals surface area contributed by atoms with E-state index in [1.54, 1.807) is 29.0 Å². The predicted octanol–water partition coefficient (Wildman–Crippen LogP) is 1.18. The first-order valence-electron chi connectivity index (χ1n) is 5.39. The van der Waals surface area contributed by atoms with Crippen molar-refractivity contribution in [2.45, 2.75) is 6.54 Å². The van der Waals surface area contributed by atoms with Crippen LogP contribution in [0.3, 0.4) is 0 Å². The molecule has 1 aromatic carbocycles. The van der Waals surface area contributed by atoms with Crippen LogP contribution in [0, 0.1) is 0 Å². The number of carbonyl (C=O) groups is 1. The average Bonchev–Trinajstić information content (AvgIpc) is 2.41. The molecule has 2 aromatic rings. The maximum Gasteiger partial charge on any atom is 0.325 e. The summed E-state index contributed by atoms with van der Waals surface area (Å²) in [5.74, 6) is 0.242. The van der Waals surface area contributed by atoms with Gasteiger partial charge >= 0.3 is 5.97 Å². The zero-order chi connectivity index (χ0) is 13.1. The Morgan fingerprint density at radius 3 is 2.72 bits per heavy atom. The summed E-state index contributed by atoms with van der Waals surface area (Å²) in [6, 6.07) is 6.57. The van der Waals surface area contributed by atoms with E-state index in [0.29, 0.717) is 16.7 Å². The Labute approximate surface area is 104 Å². The van der Waals surface area contributed by atoms with Crippen LogP contribution >= 0.6 is 0 Å². The lowest BCUT2D eigenvalue weighted by atomic mass is 10.2. The number of hydrogen-bond acceptors (Lipinski definition) is 4. The number of nitrogens with zero attached hydrogens (tertiary/aromatic N) is 1. The number of rotatable bonds is 3. The zero-order valence-electron chi connectivity index (χ0n) is 10.2. The van der Waals surface area contributed by atoms with Crippen molar-refractivity contribution in [3.8, 4) is 5.75 Å². The number of ether oxygens (including phenoxy) is 2. The van der Waals surface area contributed by atoms with Gasteiger partial charge in [0.25, 0.3) is 0 Å². The standard InChI is InChI=1S/C13H13NO4/c1-17-9-3-4-11-10(7-9)12(15)5-6-14(11)8-13(16)18-2/h3-7H,8H2,1-2H3. The van der Waals surface area contributed by atoms with E-state index in [1.165, 1.54) is 20.3 Å². The molecular weight excluding hydrogens is 234 g/mol. The first-order chi connectivity index (χ1) is 8.65. The molecule has 0 N–H and O–H groups in total. The molecule has 18 heavy (non-hydrogen) atoms. The van der Waals surface area contributed by atoms with Crippen molar-refractivity contribution in [2.75, 3.05) is 14.2 Å². The summed E-state index contributed by atoms with van der Waals surface area (Å²) in [4.78, 5) is 23.1. The molecule has 0 unspecified atom stereocenters. The predicted molar refractivity (Wildman–Crippen MR) is 66.8 cm³/mol. The summed E-state index contributed by atoms with van der Waals surface area (Å²) in [5, 5.41) is 0.515. The van der Waals surface area contributed by atoms with Crippen LogP contribution in [0.2, 0.25) is 0 Å². The smallest absolute Gasteiger partial charge is 0.325 e. The molecule has 0 bridgehead atoms. The molecule has 0 atom stereocenters. The first-order valence-corrected chi connectivity index (χ1v) is 5.39. The molecule has 0 aliphatic heterocycles. The van der Waals surface area contributed by atoms with E-state index >= 15 is 0 Å². The topological polar surface area (TPSA) is 57.5 Å².